The van der Waals surface area contributed by atoms with Crippen molar-refractivity contribution in [3.63, 3.8) is 0 Å². The zero-order valence-corrected chi connectivity index (χ0v) is 17.2. The minimum Gasteiger partial charge on any atom is -0.494 e. The van der Waals surface area contributed by atoms with E-state index in [2.05, 4.69) is 0 Å². The van der Waals surface area contributed by atoms with Crippen molar-refractivity contribution in [3.05, 3.63) is 24.3 Å². The Labute approximate surface area is 162 Å². The molecule has 1 fully saturated rings. The van der Waals surface area contributed by atoms with E-state index in [1.54, 1.807) is 43.3 Å². The number of carbonyl (C=O) groups is 1. The first kappa shape index (κ1) is 21.7. The van der Waals surface area contributed by atoms with E-state index in [1.807, 2.05) is 6.92 Å². The minimum absolute atomic E-state index is 0.0872. The Hall–Kier alpha value is -1.64. The molecule has 27 heavy (non-hydrogen) atoms. The number of carbonyl (C=O) groups excluding carboxylic acids is 1. The number of amides is 1. The molecule has 0 unspecified atom stereocenters. The molecular weight excluding hydrogens is 368 g/mol. The molecule has 1 aromatic rings. The van der Waals surface area contributed by atoms with Crippen LogP contribution in [-0.2, 0) is 19.6 Å². The van der Waals surface area contributed by atoms with Crippen molar-refractivity contribution in [2.24, 2.45) is 5.92 Å². The summed E-state index contributed by atoms with van der Waals surface area (Å²) in [6.07, 6.45) is 1.89. The summed E-state index contributed by atoms with van der Waals surface area (Å²) in [5.41, 5.74) is 0. The second-order valence-electron chi connectivity index (χ2n) is 6.69. The summed E-state index contributed by atoms with van der Waals surface area (Å²) in [7, 11) is -0.110. The first-order chi connectivity index (χ1) is 12.9. The Kier molecular flexibility index (Phi) is 8.07. The number of hydrogen-bond acceptors (Lipinski definition) is 5. The Balaban J connectivity index is 1.92. The first-order valence-electron chi connectivity index (χ1n) is 9.37. The molecule has 0 aromatic heterocycles. The number of benzene rings is 1. The monoisotopic (exact) mass is 398 g/mol. The first-order valence-corrected chi connectivity index (χ1v) is 10.8. The molecule has 0 spiro atoms. The van der Waals surface area contributed by atoms with Gasteiger partial charge in [0.15, 0.2) is 0 Å². The molecule has 2 rings (SSSR count). The third-order valence-corrected chi connectivity index (χ3v) is 6.71. The Morgan fingerprint density at radius 1 is 1.22 bits per heavy atom. The molecule has 1 aliphatic rings. The van der Waals surface area contributed by atoms with Crippen LogP contribution < -0.4 is 4.74 Å². The predicted molar refractivity (Wildman–Crippen MR) is 103 cm³/mol. The lowest BCUT2D eigenvalue weighted by Gasteiger charge is -2.32. The molecule has 8 heteroatoms. The van der Waals surface area contributed by atoms with Crippen LogP contribution in [0.15, 0.2) is 29.2 Å². The van der Waals surface area contributed by atoms with Gasteiger partial charge in [0.2, 0.25) is 15.9 Å². The van der Waals surface area contributed by atoms with E-state index in [-0.39, 0.29) is 16.7 Å². The third kappa shape index (κ3) is 5.67. The van der Waals surface area contributed by atoms with Gasteiger partial charge in [-0.05, 0) is 50.5 Å². The molecule has 0 atom stereocenters. The van der Waals surface area contributed by atoms with Crippen molar-refractivity contribution in [2.45, 2.75) is 31.1 Å². The fourth-order valence-corrected chi connectivity index (χ4v) is 4.70. The molecule has 152 valence electrons. The van der Waals surface area contributed by atoms with Crippen molar-refractivity contribution in [1.82, 2.24) is 9.21 Å². The zero-order chi connectivity index (χ0) is 19.9. The highest BCUT2D eigenvalue weighted by Gasteiger charge is 2.33. The van der Waals surface area contributed by atoms with Crippen LogP contribution in [0.5, 0.6) is 5.75 Å². The van der Waals surface area contributed by atoms with Gasteiger partial charge in [-0.1, -0.05) is 0 Å². The van der Waals surface area contributed by atoms with E-state index in [0.29, 0.717) is 51.4 Å². The van der Waals surface area contributed by atoms with Crippen molar-refractivity contribution in [1.29, 1.82) is 0 Å². The maximum atomic E-state index is 12.8. The van der Waals surface area contributed by atoms with Crippen molar-refractivity contribution in [2.75, 3.05) is 47.0 Å². The van der Waals surface area contributed by atoms with Crippen LogP contribution >= 0.6 is 0 Å². The number of ether oxygens (including phenoxy) is 2. The Bertz CT molecular complexity index is 697. The van der Waals surface area contributed by atoms with Gasteiger partial charge in [-0.25, -0.2) is 8.42 Å². The highest BCUT2D eigenvalue weighted by molar-refractivity contribution is 7.89. The molecule has 0 bridgehead atoms. The van der Waals surface area contributed by atoms with Gasteiger partial charge in [-0.3, -0.25) is 4.79 Å². The van der Waals surface area contributed by atoms with E-state index >= 15 is 0 Å². The van der Waals surface area contributed by atoms with Gasteiger partial charge in [-0.15, -0.1) is 0 Å². The van der Waals surface area contributed by atoms with Gasteiger partial charge in [0.25, 0.3) is 0 Å². The van der Waals surface area contributed by atoms with Crippen LogP contribution in [0.4, 0.5) is 0 Å². The molecule has 0 radical (unpaired) electrons. The second kappa shape index (κ2) is 10.1. The lowest BCUT2D eigenvalue weighted by molar-refractivity contribution is -0.135. The molecule has 1 aromatic carbocycles. The Morgan fingerprint density at radius 3 is 2.41 bits per heavy atom. The minimum atomic E-state index is -3.54. The van der Waals surface area contributed by atoms with Gasteiger partial charge in [0, 0.05) is 46.3 Å². The molecule has 1 amide bonds. The maximum Gasteiger partial charge on any atom is 0.243 e. The van der Waals surface area contributed by atoms with E-state index in [0.717, 1.165) is 6.42 Å². The van der Waals surface area contributed by atoms with Crippen molar-refractivity contribution >= 4 is 15.9 Å². The number of methoxy groups -OCH3 is 1. The number of piperidine rings is 1. The van der Waals surface area contributed by atoms with Gasteiger partial charge in [0.1, 0.15) is 5.75 Å². The summed E-state index contributed by atoms with van der Waals surface area (Å²) >= 11 is 0. The number of hydrogen-bond donors (Lipinski definition) is 0. The fraction of sp³-hybridized carbons (Fsp3) is 0.632. The number of rotatable bonds is 9. The summed E-state index contributed by atoms with van der Waals surface area (Å²) in [4.78, 5) is 14.5. The van der Waals surface area contributed by atoms with Crippen LogP contribution in [-0.4, -0.2) is 70.5 Å². The van der Waals surface area contributed by atoms with Gasteiger partial charge in [0.05, 0.1) is 11.5 Å². The summed E-state index contributed by atoms with van der Waals surface area (Å²) in [5.74, 6) is 0.616. The quantitative estimate of drug-likeness (QED) is 0.595. The van der Waals surface area contributed by atoms with E-state index in [4.69, 9.17) is 9.47 Å². The molecule has 1 saturated heterocycles. The standard InChI is InChI=1S/C19H30N2O5S/c1-4-26-17-6-8-18(9-7-17)27(23,24)21-13-10-16(11-14-21)19(22)20(2)12-5-15-25-3/h6-9,16H,4-5,10-15H2,1-3H3. The van der Waals surface area contributed by atoms with E-state index < -0.39 is 10.0 Å². The molecule has 0 aliphatic carbocycles. The second-order valence-corrected chi connectivity index (χ2v) is 8.63. The van der Waals surface area contributed by atoms with Gasteiger partial charge >= 0.3 is 0 Å². The summed E-state index contributed by atoms with van der Waals surface area (Å²) in [6.45, 7) is 4.40. The molecule has 1 aliphatic heterocycles. The van der Waals surface area contributed by atoms with Gasteiger partial charge in [-0.2, -0.15) is 4.31 Å². The molecule has 0 N–H and O–H groups in total. The molecular formula is C19H30N2O5S. The Morgan fingerprint density at radius 2 is 1.85 bits per heavy atom. The molecule has 7 nitrogen and oxygen atoms in total. The smallest absolute Gasteiger partial charge is 0.243 e. The summed E-state index contributed by atoms with van der Waals surface area (Å²) in [5, 5.41) is 0. The van der Waals surface area contributed by atoms with Crippen LogP contribution in [0.1, 0.15) is 26.2 Å². The largest absolute Gasteiger partial charge is 0.494 e. The zero-order valence-electron chi connectivity index (χ0n) is 16.4. The number of sulfonamides is 1. The molecule has 0 saturated carbocycles. The lowest BCUT2D eigenvalue weighted by Crippen LogP contribution is -2.43. The van der Waals surface area contributed by atoms with Gasteiger partial charge < -0.3 is 14.4 Å². The van der Waals surface area contributed by atoms with Crippen LogP contribution in [0, 0.1) is 5.92 Å². The third-order valence-electron chi connectivity index (χ3n) is 4.79. The highest BCUT2D eigenvalue weighted by Crippen LogP contribution is 2.26. The van der Waals surface area contributed by atoms with E-state index in [1.165, 1.54) is 4.31 Å². The summed E-state index contributed by atoms with van der Waals surface area (Å²) in [6, 6.07) is 6.48. The SMILES string of the molecule is CCOc1ccc(S(=O)(=O)N2CCC(C(=O)N(C)CCCOC)CC2)cc1. The fourth-order valence-electron chi connectivity index (χ4n) is 3.23. The van der Waals surface area contributed by atoms with Crippen molar-refractivity contribution in [3.8, 4) is 5.75 Å². The predicted octanol–water partition coefficient (Wildman–Crippen LogP) is 1.98. The molecule has 1 heterocycles. The normalized spacial score (nSPS) is 16.3. The summed E-state index contributed by atoms with van der Waals surface area (Å²) < 4.78 is 37.5. The maximum absolute atomic E-state index is 12.8. The topological polar surface area (TPSA) is 76.2 Å². The highest BCUT2D eigenvalue weighted by atomic mass is 32.2. The van der Waals surface area contributed by atoms with Crippen LogP contribution in [0.3, 0.4) is 0 Å². The van der Waals surface area contributed by atoms with Crippen LogP contribution in [0.25, 0.3) is 0 Å². The average molecular weight is 399 g/mol. The number of nitrogens with zero attached hydrogens (tertiary/aromatic N) is 2. The van der Waals surface area contributed by atoms with Crippen LogP contribution in [0.2, 0.25) is 0 Å². The van der Waals surface area contributed by atoms with E-state index in [9.17, 15) is 13.2 Å². The lowest BCUT2D eigenvalue weighted by atomic mass is 9.96. The van der Waals surface area contributed by atoms with Crippen molar-refractivity contribution < 1.29 is 22.7 Å². The average Bonchev–Trinajstić information content (AvgIpc) is 2.68.